The number of phenolic OH excluding ortho intramolecular Hbond substituents is 2. The summed E-state index contributed by atoms with van der Waals surface area (Å²) in [6.07, 6.45) is 1.14. The van der Waals surface area contributed by atoms with Crippen molar-refractivity contribution in [3.8, 4) is 17.6 Å². The number of Topliss-reactive ketones (excluding diaryl/α,β-unsaturated/α-hetero) is 1. The Morgan fingerprint density at radius 2 is 2.04 bits per heavy atom. The predicted molar refractivity (Wildman–Crippen MR) is 91.7 cm³/mol. The number of nitrogens with one attached hydrogen (secondary N) is 1. The number of ketones is 1. The predicted octanol–water partition coefficient (Wildman–Crippen LogP) is 2.87. The first kappa shape index (κ1) is 20.7. The lowest BCUT2D eigenvalue weighted by Crippen LogP contribution is -2.36. The van der Waals surface area contributed by atoms with Gasteiger partial charge in [-0.3, -0.25) is 4.79 Å². The topological polar surface area (TPSA) is 108 Å². The minimum atomic E-state index is -0.714. The van der Waals surface area contributed by atoms with Gasteiger partial charge in [-0.1, -0.05) is 19.9 Å². The Morgan fingerprint density at radius 3 is 2.57 bits per heavy atom. The van der Waals surface area contributed by atoms with Crippen molar-refractivity contribution in [2.45, 2.75) is 26.7 Å². The van der Waals surface area contributed by atoms with Crippen LogP contribution in [-0.4, -0.2) is 34.8 Å². The molecule has 0 fully saturated rings. The Morgan fingerprint density at radius 1 is 1.39 bits per heavy atom. The number of hydrogen-bond acceptors (Lipinski definition) is 6. The number of hydrogen-bond donors (Lipinski definition) is 3. The van der Waals surface area contributed by atoms with Crippen molar-refractivity contribution in [3.05, 3.63) is 18.2 Å². The summed E-state index contributed by atoms with van der Waals surface area (Å²) in [7, 11) is 0. The number of nitrogens with zero attached hydrogens (tertiary/aromatic N) is 2. The number of aromatic hydroxyl groups is 2. The fourth-order valence-corrected chi connectivity index (χ4v) is 2.14. The minimum Gasteiger partial charge on any atom is -0.504 e. The third kappa shape index (κ3) is 5.15. The Bertz CT molecular complexity index is 599. The molecule has 7 heteroatoms. The zero-order valence-electron chi connectivity index (χ0n) is 13.2. The van der Waals surface area contributed by atoms with E-state index in [2.05, 4.69) is 0 Å². The smallest absolute Gasteiger partial charge is 0.196 e. The maximum absolute atomic E-state index is 12.2. The zero-order chi connectivity index (χ0) is 16.7. The molecule has 0 aromatic heterocycles. The summed E-state index contributed by atoms with van der Waals surface area (Å²) in [5.41, 5.74) is 0.124. The molecule has 0 aliphatic rings. The van der Waals surface area contributed by atoms with Gasteiger partial charge < -0.3 is 20.5 Å². The Balaban J connectivity index is 0.00000484. The number of anilines is 1. The van der Waals surface area contributed by atoms with Crippen molar-refractivity contribution in [3.63, 3.8) is 0 Å². The average molecular weight is 340 g/mol. The molecule has 1 aromatic carbocycles. The summed E-state index contributed by atoms with van der Waals surface area (Å²) >= 11 is 0. The van der Waals surface area contributed by atoms with Gasteiger partial charge in [-0.05, 0) is 25.0 Å². The minimum absolute atomic E-state index is 0. The second-order valence-electron chi connectivity index (χ2n) is 4.99. The highest BCUT2D eigenvalue weighted by atomic mass is 35.5. The summed E-state index contributed by atoms with van der Waals surface area (Å²) in [4.78, 5) is 13.8. The van der Waals surface area contributed by atoms with E-state index in [0.29, 0.717) is 18.7 Å². The monoisotopic (exact) mass is 339 g/mol. The highest BCUT2D eigenvalue weighted by molar-refractivity contribution is 6.41. The SMILES string of the molecule is CCCN(CC(=O)C(=N)C(C#N)CC)c1cccc(O)c1O.Cl. The molecule has 0 spiro atoms. The van der Waals surface area contributed by atoms with E-state index in [1.807, 2.05) is 13.0 Å². The number of carbonyl (C=O) groups is 1. The van der Waals surface area contributed by atoms with E-state index < -0.39 is 11.7 Å². The fraction of sp³-hybridized carbons (Fsp3) is 0.438. The molecule has 1 rings (SSSR count). The van der Waals surface area contributed by atoms with Gasteiger partial charge in [-0.2, -0.15) is 5.26 Å². The van der Waals surface area contributed by atoms with Gasteiger partial charge in [-0.15, -0.1) is 12.4 Å². The molecule has 0 saturated heterocycles. The van der Waals surface area contributed by atoms with Crippen LogP contribution in [0.15, 0.2) is 18.2 Å². The van der Waals surface area contributed by atoms with Crippen LogP contribution in [0.3, 0.4) is 0 Å². The Kier molecular flexibility index (Phi) is 8.74. The average Bonchev–Trinajstić information content (AvgIpc) is 2.50. The van der Waals surface area contributed by atoms with Crippen molar-refractivity contribution in [2.24, 2.45) is 5.92 Å². The summed E-state index contributed by atoms with van der Waals surface area (Å²) in [5, 5.41) is 36.3. The second kappa shape index (κ2) is 9.70. The van der Waals surface area contributed by atoms with E-state index in [1.54, 1.807) is 24.0 Å². The van der Waals surface area contributed by atoms with Gasteiger partial charge in [0, 0.05) is 6.54 Å². The maximum Gasteiger partial charge on any atom is 0.196 e. The molecular formula is C16H22ClN3O3. The molecule has 0 amide bonds. The van der Waals surface area contributed by atoms with Crippen molar-refractivity contribution in [1.82, 2.24) is 0 Å². The standard InChI is InChI=1S/C16H21N3O3.ClH/c1-3-8-19(12-6-5-7-13(20)16(12)22)10-14(21)15(18)11(4-2)9-17;/h5-7,11,18,20,22H,3-4,8,10H2,1-2H3;1H. The molecule has 6 nitrogen and oxygen atoms in total. The number of benzene rings is 1. The zero-order valence-corrected chi connectivity index (χ0v) is 14.1. The lowest BCUT2D eigenvalue weighted by Gasteiger charge is -2.25. The number of halogens is 1. The molecule has 1 aromatic rings. The quantitative estimate of drug-likeness (QED) is 0.498. The van der Waals surface area contributed by atoms with Crippen molar-refractivity contribution < 1.29 is 15.0 Å². The van der Waals surface area contributed by atoms with Crippen LogP contribution >= 0.6 is 12.4 Å². The number of rotatable bonds is 8. The molecule has 126 valence electrons. The first-order chi connectivity index (χ1) is 10.5. The van der Waals surface area contributed by atoms with Crippen molar-refractivity contribution >= 4 is 29.6 Å². The first-order valence-corrected chi connectivity index (χ1v) is 7.23. The summed E-state index contributed by atoms with van der Waals surface area (Å²) in [6.45, 7) is 4.05. The highest BCUT2D eigenvalue weighted by Gasteiger charge is 2.23. The summed E-state index contributed by atoms with van der Waals surface area (Å²) in [6, 6.07) is 6.48. The number of para-hydroxylation sites is 1. The van der Waals surface area contributed by atoms with Gasteiger partial charge in [0.15, 0.2) is 17.3 Å². The lowest BCUT2D eigenvalue weighted by atomic mass is 9.98. The molecule has 0 heterocycles. The Hall–Kier alpha value is -2.26. The van der Waals surface area contributed by atoms with Crippen LogP contribution in [0.2, 0.25) is 0 Å². The third-order valence-electron chi connectivity index (χ3n) is 3.38. The molecule has 0 saturated carbocycles. The van der Waals surface area contributed by atoms with Gasteiger partial charge in [0.2, 0.25) is 0 Å². The number of phenols is 2. The van der Waals surface area contributed by atoms with E-state index >= 15 is 0 Å². The van der Waals surface area contributed by atoms with Crippen LogP contribution in [-0.2, 0) is 4.79 Å². The van der Waals surface area contributed by atoms with E-state index in [9.17, 15) is 15.0 Å². The number of nitriles is 1. The summed E-state index contributed by atoms with van der Waals surface area (Å²) < 4.78 is 0. The number of carbonyl (C=O) groups excluding carboxylic acids is 1. The van der Waals surface area contributed by atoms with Crippen LogP contribution in [0.4, 0.5) is 5.69 Å². The van der Waals surface area contributed by atoms with E-state index in [1.165, 1.54) is 6.07 Å². The van der Waals surface area contributed by atoms with Gasteiger partial charge >= 0.3 is 0 Å². The summed E-state index contributed by atoms with van der Waals surface area (Å²) in [5.74, 6) is -1.72. The molecule has 0 bridgehead atoms. The molecule has 0 aliphatic carbocycles. The van der Waals surface area contributed by atoms with E-state index in [4.69, 9.17) is 10.7 Å². The first-order valence-electron chi connectivity index (χ1n) is 7.23. The maximum atomic E-state index is 12.2. The lowest BCUT2D eigenvalue weighted by molar-refractivity contribution is -0.112. The normalized spacial score (nSPS) is 11.0. The van der Waals surface area contributed by atoms with E-state index in [-0.39, 0.29) is 36.2 Å². The van der Waals surface area contributed by atoms with Gasteiger partial charge in [0.05, 0.1) is 29.9 Å². The molecule has 3 N–H and O–H groups in total. The molecule has 1 atom stereocenters. The molecule has 1 unspecified atom stereocenters. The van der Waals surface area contributed by atoms with Crippen molar-refractivity contribution in [2.75, 3.05) is 18.0 Å². The molecule has 0 radical (unpaired) electrons. The fourth-order valence-electron chi connectivity index (χ4n) is 2.14. The van der Waals surface area contributed by atoms with Crippen molar-refractivity contribution in [1.29, 1.82) is 10.7 Å². The Labute approximate surface area is 142 Å². The van der Waals surface area contributed by atoms with Gasteiger partial charge in [-0.25, -0.2) is 0 Å². The van der Waals surface area contributed by atoms with Crippen LogP contribution in [0.1, 0.15) is 26.7 Å². The third-order valence-corrected chi connectivity index (χ3v) is 3.38. The highest BCUT2D eigenvalue weighted by Crippen LogP contribution is 2.35. The van der Waals surface area contributed by atoms with Crippen LogP contribution in [0, 0.1) is 22.7 Å². The van der Waals surface area contributed by atoms with Crippen LogP contribution in [0.25, 0.3) is 0 Å². The van der Waals surface area contributed by atoms with Crippen LogP contribution in [0.5, 0.6) is 11.5 Å². The molecular weight excluding hydrogens is 318 g/mol. The van der Waals surface area contributed by atoms with Gasteiger partial charge in [0.25, 0.3) is 0 Å². The van der Waals surface area contributed by atoms with E-state index in [0.717, 1.165) is 6.42 Å². The second-order valence-corrected chi connectivity index (χ2v) is 4.99. The van der Waals surface area contributed by atoms with Crippen LogP contribution < -0.4 is 4.90 Å². The molecule has 23 heavy (non-hydrogen) atoms. The largest absolute Gasteiger partial charge is 0.504 e. The molecule has 0 aliphatic heterocycles. The van der Waals surface area contributed by atoms with Gasteiger partial charge in [0.1, 0.15) is 0 Å².